The maximum atomic E-state index is 12.0. The number of hydrogen-bond donors (Lipinski definition) is 0. The highest BCUT2D eigenvalue weighted by Crippen LogP contribution is 2.23. The van der Waals surface area contributed by atoms with Crippen molar-refractivity contribution in [1.82, 2.24) is 0 Å². The third-order valence-corrected chi connectivity index (χ3v) is 2.59. The number of ether oxygens (including phenoxy) is 2. The van der Waals surface area contributed by atoms with E-state index in [1.165, 1.54) is 0 Å². The minimum Gasteiger partial charge on any atom is -0.489 e. The zero-order chi connectivity index (χ0) is 14.5. The van der Waals surface area contributed by atoms with Gasteiger partial charge in [0.25, 0.3) is 6.47 Å². The third-order valence-electron chi connectivity index (χ3n) is 2.59. The van der Waals surface area contributed by atoms with Crippen LogP contribution in [0.1, 0.15) is 12.7 Å². The Balaban J connectivity index is 2.37. The molecule has 6 heteroatoms. The molecule has 0 radical (unpaired) electrons. The summed E-state index contributed by atoms with van der Waals surface area (Å²) >= 11 is 0. The molecular weight excluding hydrogens is 262 g/mol. The summed E-state index contributed by atoms with van der Waals surface area (Å²) in [5.41, 5.74) is -0.0853. The second-order valence-electron chi connectivity index (χ2n) is 4.07. The number of carbonyl (C=O) groups excluding carboxylic acids is 1. The summed E-state index contributed by atoms with van der Waals surface area (Å²) in [4.78, 5) is 22.2. The monoisotopic (exact) mass is 273 g/mol. The van der Waals surface area contributed by atoms with Crippen LogP contribution in [0.5, 0.6) is 5.75 Å². The highest BCUT2D eigenvalue weighted by Gasteiger charge is 2.11. The van der Waals surface area contributed by atoms with Crippen molar-refractivity contribution in [2.24, 2.45) is 0 Å². The Kier molecular flexibility index (Phi) is 4.01. The van der Waals surface area contributed by atoms with Gasteiger partial charge in [-0.15, -0.1) is 0 Å². The maximum absolute atomic E-state index is 12.0. The van der Waals surface area contributed by atoms with Crippen molar-refractivity contribution in [1.29, 1.82) is 5.26 Å². The van der Waals surface area contributed by atoms with Gasteiger partial charge in [-0.25, -0.2) is 0 Å². The van der Waals surface area contributed by atoms with Crippen molar-refractivity contribution in [3.63, 3.8) is 0 Å². The topological polar surface area (TPSA) is 89.5 Å². The molecule has 102 valence electrons. The number of nitrogens with zero attached hydrogens (tertiary/aromatic N) is 1. The van der Waals surface area contributed by atoms with Crippen LogP contribution in [0.15, 0.2) is 33.5 Å². The van der Waals surface area contributed by atoms with Crippen LogP contribution in [-0.4, -0.2) is 19.2 Å². The molecule has 0 amide bonds. The predicted molar refractivity (Wildman–Crippen MR) is 69.3 cm³/mol. The van der Waals surface area contributed by atoms with E-state index in [1.807, 2.05) is 0 Å². The molecular formula is C14H11NO5. The average Bonchev–Trinajstić information content (AvgIpc) is 2.44. The normalized spacial score (nSPS) is 11.6. The van der Waals surface area contributed by atoms with Crippen LogP contribution < -0.4 is 10.2 Å². The molecule has 1 aromatic carbocycles. The molecule has 0 N–H and O–H groups in total. The molecule has 0 fully saturated rings. The van der Waals surface area contributed by atoms with Crippen LogP contribution in [0, 0.1) is 11.3 Å². The number of nitriles is 1. The van der Waals surface area contributed by atoms with Gasteiger partial charge in [0.05, 0.1) is 0 Å². The molecule has 1 heterocycles. The van der Waals surface area contributed by atoms with Gasteiger partial charge in [0.2, 0.25) is 5.76 Å². The Morgan fingerprint density at radius 2 is 2.30 bits per heavy atom. The van der Waals surface area contributed by atoms with Crippen LogP contribution in [-0.2, 0) is 9.53 Å². The van der Waals surface area contributed by atoms with Crippen LogP contribution in [0.4, 0.5) is 0 Å². The summed E-state index contributed by atoms with van der Waals surface area (Å²) in [5.74, 6) is 0.263. The summed E-state index contributed by atoms with van der Waals surface area (Å²) in [5, 5.41) is 9.02. The first kappa shape index (κ1) is 13.6. The van der Waals surface area contributed by atoms with Gasteiger partial charge < -0.3 is 13.9 Å². The van der Waals surface area contributed by atoms with E-state index in [9.17, 15) is 9.59 Å². The smallest absolute Gasteiger partial charge is 0.293 e. The fourth-order valence-corrected chi connectivity index (χ4v) is 1.69. The molecule has 2 rings (SSSR count). The molecule has 1 atom stereocenters. The van der Waals surface area contributed by atoms with E-state index < -0.39 is 6.10 Å². The molecule has 0 aliphatic rings. The van der Waals surface area contributed by atoms with Crippen molar-refractivity contribution in [2.45, 2.75) is 13.0 Å². The Labute approximate surface area is 114 Å². The van der Waals surface area contributed by atoms with E-state index in [1.54, 1.807) is 31.2 Å². The number of rotatable bonds is 5. The number of hydrogen-bond acceptors (Lipinski definition) is 6. The van der Waals surface area contributed by atoms with Gasteiger partial charge in [0.1, 0.15) is 35.5 Å². The third kappa shape index (κ3) is 2.78. The number of carbonyl (C=O) groups is 1. The largest absolute Gasteiger partial charge is 0.489 e. The lowest BCUT2D eigenvalue weighted by Crippen LogP contribution is -2.18. The zero-order valence-corrected chi connectivity index (χ0v) is 10.7. The molecule has 1 unspecified atom stereocenters. The lowest BCUT2D eigenvalue weighted by atomic mass is 10.2. The van der Waals surface area contributed by atoms with E-state index in [4.69, 9.17) is 19.2 Å². The summed E-state index contributed by atoms with van der Waals surface area (Å²) in [6, 6.07) is 7.73. The van der Waals surface area contributed by atoms with Gasteiger partial charge in [-0.2, -0.15) is 5.26 Å². The summed E-state index contributed by atoms with van der Waals surface area (Å²) < 4.78 is 15.4. The van der Waals surface area contributed by atoms with Gasteiger partial charge in [-0.1, -0.05) is 6.07 Å². The van der Waals surface area contributed by atoms with E-state index in [0.717, 1.165) is 6.07 Å². The SMILES string of the molecule is CC(COc1cccc2oc(C#N)cc(=O)c12)OC=O. The fraction of sp³-hybridized carbons (Fsp3) is 0.214. The summed E-state index contributed by atoms with van der Waals surface area (Å²) in [6.07, 6.45) is -0.437. The van der Waals surface area contributed by atoms with Crippen molar-refractivity contribution in [3.8, 4) is 11.8 Å². The standard InChI is InChI=1S/C14H11NO5/c1-9(19-8-16)7-18-12-3-2-4-13-14(12)11(17)5-10(6-15)20-13/h2-5,8-9H,7H2,1H3. The lowest BCUT2D eigenvalue weighted by molar-refractivity contribution is -0.134. The highest BCUT2D eigenvalue weighted by molar-refractivity contribution is 5.83. The van der Waals surface area contributed by atoms with Crippen LogP contribution in [0.3, 0.4) is 0 Å². The Morgan fingerprint density at radius 3 is 3.00 bits per heavy atom. The molecule has 0 bridgehead atoms. The minimum atomic E-state index is -0.437. The highest BCUT2D eigenvalue weighted by atomic mass is 16.6. The van der Waals surface area contributed by atoms with Crippen molar-refractivity contribution in [3.05, 3.63) is 40.2 Å². The quantitative estimate of drug-likeness (QED) is 0.769. The first-order chi connectivity index (χ1) is 9.65. The van der Waals surface area contributed by atoms with Crippen LogP contribution in [0.25, 0.3) is 11.0 Å². The maximum Gasteiger partial charge on any atom is 0.293 e. The number of fused-ring (bicyclic) bond motifs is 1. The van der Waals surface area contributed by atoms with Crippen molar-refractivity contribution in [2.75, 3.05) is 6.61 Å². The Hall–Kier alpha value is -2.81. The predicted octanol–water partition coefficient (Wildman–Crippen LogP) is 1.60. The van der Waals surface area contributed by atoms with Gasteiger partial charge in [-0.3, -0.25) is 9.59 Å². The molecule has 0 aliphatic heterocycles. The molecule has 0 saturated heterocycles. The second-order valence-corrected chi connectivity index (χ2v) is 4.07. The van der Waals surface area contributed by atoms with Crippen LogP contribution >= 0.6 is 0 Å². The Bertz CT molecular complexity index is 728. The fourth-order valence-electron chi connectivity index (χ4n) is 1.69. The van der Waals surface area contributed by atoms with Gasteiger partial charge >= 0.3 is 0 Å². The lowest BCUT2D eigenvalue weighted by Gasteiger charge is -2.12. The molecule has 0 saturated carbocycles. The Morgan fingerprint density at radius 1 is 1.50 bits per heavy atom. The molecule has 2 aromatic rings. The summed E-state index contributed by atoms with van der Waals surface area (Å²) in [6.45, 7) is 2.11. The van der Waals surface area contributed by atoms with Gasteiger partial charge in [0.15, 0.2) is 5.43 Å². The molecule has 6 nitrogen and oxygen atoms in total. The van der Waals surface area contributed by atoms with E-state index in [2.05, 4.69) is 0 Å². The molecule has 0 spiro atoms. The number of benzene rings is 1. The van der Waals surface area contributed by atoms with E-state index in [0.29, 0.717) is 12.2 Å². The molecule has 0 aliphatic carbocycles. The van der Waals surface area contributed by atoms with Gasteiger partial charge in [-0.05, 0) is 19.1 Å². The molecule has 1 aromatic heterocycles. The van der Waals surface area contributed by atoms with E-state index >= 15 is 0 Å². The van der Waals surface area contributed by atoms with Crippen LogP contribution in [0.2, 0.25) is 0 Å². The van der Waals surface area contributed by atoms with Gasteiger partial charge in [0, 0.05) is 6.07 Å². The second kappa shape index (κ2) is 5.89. The first-order valence-electron chi connectivity index (χ1n) is 5.84. The summed E-state index contributed by atoms with van der Waals surface area (Å²) in [7, 11) is 0. The minimum absolute atomic E-state index is 0.0580. The first-order valence-corrected chi connectivity index (χ1v) is 5.84. The van der Waals surface area contributed by atoms with Crippen molar-refractivity contribution < 1.29 is 18.7 Å². The average molecular weight is 273 g/mol. The zero-order valence-electron chi connectivity index (χ0n) is 10.7. The van der Waals surface area contributed by atoms with E-state index in [-0.39, 0.29) is 28.8 Å². The van der Waals surface area contributed by atoms with Crippen molar-refractivity contribution >= 4 is 17.4 Å². The molecule has 20 heavy (non-hydrogen) atoms.